The summed E-state index contributed by atoms with van der Waals surface area (Å²) < 4.78 is 12.2. The molecule has 0 N–H and O–H groups in total. The Balaban J connectivity index is 0.00000121. The van der Waals surface area contributed by atoms with Crippen molar-refractivity contribution in [1.82, 2.24) is 0 Å². The van der Waals surface area contributed by atoms with E-state index in [0.29, 0.717) is 0 Å². The van der Waals surface area contributed by atoms with Gasteiger partial charge in [0, 0.05) is 0 Å². The summed E-state index contributed by atoms with van der Waals surface area (Å²) in [5.41, 5.74) is 0. The zero-order valence-corrected chi connectivity index (χ0v) is 10.0. The van der Waals surface area contributed by atoms with Crippen LogP contribution in [0.1, 0.15) is 6.42 Å². The predicted molar refractivity (Wildman–Crippen MR) is 49.0 cm³/mol. The van der Waals surface area contributed by atoms with Gasteiger partial charge in [0.05, 0.1) is 0 Å². The van der Waals surface area contributed by atoms with E-state index in [0.717, 1.165) is 6.42 Å². The number of allylic oxidation sites excluding steroid dienone is 4. The second kappa shape index (κ2) is 5.20. The summed E-state index contributed by atoms with van der Waals surface area (Å²) in [6.45, 7) is 0. The van der Waals surface area contributed by atoms with Gasteiger partial charge in [-0.05, 0) is 0 Å². The van der Waals surface area contributed by atoms with Crippen molar-refractivity contribution in [2.24, 2.45) is 0 Å². The van der Waals surface area contributed by atoms with Crippen LogP contribution in [0.2, 0.25) is 5.23 Å². The van der Waals surface area contributed by atoms with Crippen LogP contribution in [0.15, 0.2) is 22.1 Å². The Kier molecular flexibility index (Phi) is 5.38. The van der Waals surface area contributed by atoms with Crippen molar-refractivity contribution in [3.05, 3.63) is 22.1 Å². The standard InChI is InChI=1S/C5H5.2CH3O.CH3.ClH.Ti/c1-2-4-5-3-1;2*1-2;;;/h1-3H,4H2;2*1H3;1H3;1H;/q;2*-1;;;+2. The van der Waals surface area contributed by atoms with Gasteiger partial charge in [0.1, 0.15) is 0 Å². The molecule has 1 rings (SSSR count). The van der Waals surface area contributed by atoms with Crippen LogP contribution in [0.4, 0.5) is 0 Å². The summed E-state index contributed by atoms with van der Waals surface area (Å²) in [7, 11) is 3.48. The molecule has 70 valence electrons. The van der Waals surface area contributed by atoms with Crippen LogP contribution in [-0.4, -0.2) is 14.2 Å². The van der Waals surface area contributed by atoms with Crippen molar-refractivity contribution in [1.29, 1.82) is 0 Å². The fourth-order valence-corrected chi connectivity index (χ4v) is 3.59. The van der Waals surface area contributed by atoms with Gasteiger partial charge < -0.3 is 0 Å². The van der Waals surface area contributed by atoms with Crippen molar-refractivity contribution < 1.29 is 24.0 Å². The maximum atomic E-state index is 5.43. The van der Waals surface area contributed by atoms with E-state index in [4.69, 9.17) is 6.64 Å². The van der Waals surface area contributed by atoms with Crippen molar-refractivity contribution in [2.75, 3.05) is 14.2 Å². The molecule has 0 fully saturated rings. The van der Waals surface area contributed by atoms with E-state index >= 15 is 0 Å². The summed E-state index contributed by atoms with van der Waals surface area (Å²) in [5, 5.41) is 2.11. The molecule has 0 aromatic heterocycles. The molecule has 1 aliphatic rings. The monoisotopic (exact) mass is 226 g/mol. The van der Waals surface area contributed by atoms with Crippen molar-refractivity contribution in [3.63, 3.8) is 0 Å². The van der Waals surface area contributed by atoms with E-state index < -0.39 is 17.4 Å². The van der Waals surface area contributed by atoms with Gasteiger partial charge >= 0.3 is 72.0 Å². The fourth-order valence-electron chi connectivity index (χ4n) is 1.13. The predicted octanol–water partition coefficient (Wildman–Crippen LogP) is 2.58. The fraction of sp³-hybridized carbons (Fsp3) is 0.500. The van der Waals surface area contributed by atoms with Crippen molar-refractivity contribution in [3.8, 4) is 0 Å². The third-order valence-corrected chi connectivity index (χ3v) is 6.97. The summed E-state index contributed by atoms with van der Waals surface area (Å²) in [5.74, 6) is 0. The molecule has 0 spiro atoms. The van der Waals surface area contributed by atoms with Gasteiger partial charge in [-0.15, -0.1) is 12.4 Å². The molecule has 0 heterocycles. The van der Waals surface area contributed by atoms with Crippen molar-refractivity contribution in [2.45, 2.75) is 11.6 Å². The Hall–Kier alpha value is 0.404. The van der Waals surface area contributed by atoms with Crippen LogP contribution in [0.5, 0.6) is 0 Å². The second-order valence-electron chi connectivity index (χ2n) is 2.68. The van der Waals surface area contributed by atoms with Crippen molar-refractivity contribution >= 4 is 12.4 Å². The minimum Gasteiger partial charge on any atom is -0.147 e. The summed E-state index contributed by atoms with van der Waals surface area (Å²) in [6.07, 6.45) is 7.33. The quantitative estimate of drug-likeness (QED) is 0.689. The minimum absolute atomic E-state index is 0. The zero-order chi connectivity index (χ0) is 8.32. The number of hydrogen-bond donors (Lipinski definition) is 0. The molecule has 0 aromatic carbocycles. The molecule has 0 aliphatic heterocycles. The van der Waals surface area contributed by atoms with Crippen LogP contribution in [0.3, 0.4) is 0 Å². The average Bonchev–Trinajstić information content (AvgIpc) is 2.55. The van der Waals surface area contributed by atoms with E-state index in [1.54, 1.807) is 14.2 Å². The van der Waals surface area contributed by atoms with Gasteiger partial charge in [-0.2, -0.15) is 0 Å². The second-order valence-corrected chi connectivity index (χ2v) is 7.91. The molecule has 0 atom stereocenters. The molecule has 0 aromatic rings. The molecule has 0 amide bonds. The summed E-state index contributed by atoms with van der Waals surface area (Å²) in [4.78, 5) is 0. The van der Waals surface area contributed by atoms with Gasteiger partial charge in [-0.25, -0.2) is 0 Å². The molecule has 0 unspecified atom stereocenters. The smallest absolute Gasteiger partial charge is 0.147 e. The molecule has 2 nitrogen and oxygen atoms in total. The first-order valence-corrected chi connectivity index (χ1v) is 7.31. The minimum atomic E-state index is -2.47. The Labute approximate surface area is 84.3 Å². The summed E-state index contributed by atoms with van der Waals surface area (Å²) >= 11 is -2.47. The molecule has 0 saturated carbocycles. The Morgan fingerprint density at radius 1 is 1.33 bits per heavy atom. The van der Waals surface area contributed by atoms with Crippen LogP contribution >= 0.6 is 12.4 Å². The number of rotatable bonds is 3. The van der Waals surface area contributed by atoms with Gasteiger partial charge in [-0.1, -0.05) is 0 Å². The topological polar surface area (TPSA) is 18.5 Å². The first-order valence-electron chi connectivity index (χ1n) is 3.69. The van der Waals surface area contributed by atoms with Gasteiger partial charge in [0.2, 0.25) is 0 Å². The normalized spacial score (nSPS) is 15.8. The Morgan fingerprint density at radius 2 is 1.92 bits per heavy atom. The van der Waals surface area contributed by atoms with Gasteiger partial charge in [0.15, 0.2) is 0 Å². The SMILES string of the molecule is C[O][Ti]([CH3])([O]C)[C]1=CC=CC1.Cl. The van der Waals surface area contributed by atoms with E-state index in [1.165, 1.54) is 3.88 Å². The third-order valence-electron chi connectivity index (χ3n) is 2.13. The van der Waals surface area contributed by atoms with Crippen LogP contribution < -0.4 is 0 Å². The van der Waals surface area contributed by atoms with E-state index in [2.05, 4.69) is 23.5 Å². The van der Waals surface area contributed by atoms with E-state index in [-0.39, 0.29) is 12.4 Å². The number of halogens is 1. The molecule has 1 aliphatic carbocycles. The molecule has 0 bridgehead atoms. The van der Waals surface area contributed by atoms with Gasteiger partial charge in [0.25, 0.3) is 0 Å². The molecular weight excluding hydrogens is 211 g/mol. The first-order chi connectivity index (χ1) is 5.23. The first kappa shape index (κ1) is 12.4. The molecular formula is C8H15ClO2Ti. The maximum Gasteiger partial charge on any atom is -0.147 e. The van der Waals surface area contributed by atoms with E-state index in [1.807, 2.05) is 0 Å². The largest absolute Gasteiger partial charge is 0.147 e. The number of hydrogen-bond acceptors (Lipinski definition) is 2. The molecule has 0 saturated heterocycles. The van der Waals surface area contributed by atoms with E-state index in [9.17, 15) is 0 Å². The Morgan fingerprint density at radius 3 is 2.25 bits per heavy atom. The van der Waals surface area contributed by atoms with Crippen LogP contribution in [0.25, 0.3) is 0 Å². The third kappa shape index (κ3) is 2.44. The molecule has 0 radical (unpaired) electrons. The van der Waals surface area contributed by atoms with Crippen LogP contribution in [0, 0.1) is 0 Å². The summed E-state index contributed by atoms with van der Waals surface area (Å²) in [6, 6.07) is 0. The molecule has 12 heavy (non-hydrogen) atoms. The molecule has 4 heteroatoms. The zero-order valence-electron chi connectivity index (χ0n) is 7.66. The van der Waals surface area contributed by atoms with Crippen LogP contribution in [-0.2, 0) is 24.0 Å². The average molecular weight is 227 g/mol. The maximum absolute atomic E-state index is 5.43. The van der Waals surface area contributed by atoms with Gasteiger partial charge in [-0.3, -0.25) is 0 Å². The Bertz CT molecular complexity index is 197.